The number of ether oxygens (including phenoxy) is 2. The van der Waals surface area contributed by atoms with Crippen molar-refractivity contribution >= 4 is 23.9 Å². The summed E-state index contributed by atoms with van der Waals surface area (Å²) in [5, 5.41) is 17.8. The van der Waals surface area contributed by atoms with E-state index >= 15 is 0 Å². The summed E-state index contributed by atoms with van der Waals surface area (Å²) in [6, 6.07) is 0. The number of hydrogen-bond acceptors (Lipinski definition) is 6. The van der Waals surface area contributed by atoms with Gasteiger partial charge in [0.15, 0.2) is 5.41 Å². The normalized spacial score (nSPS) is 24.6. The molecule has 8 nitrogen and oxygen atoms in total. The molecule has 0 bridgehead atoms. The minimum atomic E-state index is -2.07. The number of aliphatic carboxylic acids is 2. The molecular weight excluding hydrogens is 248 g/mol. The molecule has 0 aromatic carbocycles. The van der Waals surface area contributed by atoms with E-state index < -0.39 is 47.5 Å². The zero-order chi connectivity index (χ0) is 14.1. The van der Waals surface area contributed by atoms with Crippen LogP contribution in [0.4, 0.5) is 0 Å². The number of hydrogen-bond donors (Lipinski definition) is 2. The fourth-order valence-corrected chi connectivity index (χ4v) is 2.26. The highest BCUT2D eigenvalue weighted by Crippen LogP contribution is 2.53. The van der Waals surface area contributed by atoms with Gasteiger partial charge in [-0.2, -0.15) is 0 Å². The number of methoxy groups -OCH3 is 2. The second-order valence-corrected chi connectivity index (χ2v) is 3.92. The Labute approximate surface area is 101 Å². The molecule has 100 valence electrons. The molecule has 0 aromatic rings. The molecule has 0 heterocycles. The van der Waals surface area contributed by atoms with Crippen LogP contribution < -0.4 is 0 Å². The molecule has 0 radical (unpaired) electrons. The molecule has 0 saturated heterocycles. The molecule has 2 atom stereocenters. The van der Waals surface area contributed by atoms with Gasteiger partial charge in [-0.1, -0.05) is 0 Å². The molecule has 2 N–H and O–H groups in total. The minimum absolute atomic E-state index is 0.446. The predicted octanol–water partition coefficient (Wildman–Crippen LogP) is -0.876. The summed E-state index contributed by atoms with van der Waals surface area (Å²) in [6.45, 7) is 0. The maximum absolute atomic E-state index is 11.6. The van der Waals surface area contributed by atoms with Gasteiger partial charge >= 0.3 is 23.9 Å². The van der Waals surface area contributed by atoms with Crippen molar-refractivity contribution < 1.29 is 38.9 Å². The molecule has 0 amide bonds. The highest BCUT2D eigenvalue weighted by molar-refractivity contribution is 6.07. The molecule has 1 aliphatic rings. The van der Waals surface area contributed by atoms with Crippen molar-refractivity contribution in [3.8, 4) is 0 Å². The van der Waals surface area contributed by atoms with Crippen LogP contribution in [0.2, 0.25) is 0 Å². The van der Waals surface area contributed by atoms with E-state index in [0.29, 0.717) is 0 Å². The van der Waals surface area contributed by atoms with Crippen LogP contribution in [-0.2, 0) is 28.7 Å². The van der Waals surface area contributed by atoms with Gasteiger partial charge in [-0.25, -0.2) is 0 Å². The molecule has 0 spiro atoms. The van der Waals surface area contributed by atoms with Gasteiger partial charge in [-0.15, -0.1) is 0 Å². The standard InChI is InChI=1S/C10H12O8/c1-17-8(15)10(9(16)18-2)3-4(6(11)12)5(10)7(13)14/h4-5H,3H2,1-2H3,(H,11,12)(H,13,14). The first-order valence-electron chi connectivity index (χ1n) is 4.95. The van der Waals surface area contributed by atoms with Crippen molar-refractivity contribution in [3.05, 3.63) is 0 Å². The van der Waals surface area contributed by atoms with E-state index in [-0.39, 0.29) is 0 Å². The molecule has 1 fully saturated rings. The van der Waals surface area contributed by atoms with E-state index in [0.717, 1.165) is 14.2 Å². The lowest BCUT2D eigenvalue weighted by molar-refractivity contribution is -0.202. The molecule has 18 heavy (non-hydrogen) atoms. The molecule has 1 aliphatic carbocycles. The zero-order valence-corrected chi connectivity index (χ0v) is 9.71. The van der Waals surface area contributed by atoms with Crippen LogP contribution in [-0.4, -0.2) is 48.3 Å². The Bertz CT molecular complexity index is 396. The number of carbonyl (C=O) groups is 4. The first kappa shape index (κ1) is 13.9. The maximum Gasteiger partial charge on any atom is 0.324 e. The van der Waals surface area contributed by atoms with Crippen LogP contribution in [0.25, 0.3) is 0 Å². The van der Waals surface area contributed by atoms with Gasteiger partial charge in [0.25, 0.3) is 0 Å². The predicted molar refractivity (Wildman–Crippen MR) is 53.3 cm³/mol. The van der Waals surface area contributed by atoms with Gasteiger partial charge in [0, 0.05) is 0 Å². The first-order chi connectivity index (χ1) is 8.32. The summed E-state index contributed by atoms with van der Waals surface area (Å²) in [7, 11) is 1.97. The van der Waals surface area contributed by atoms with Gasteiger partial charge in [-0.05, 0) is 6.42 Å². The first-order valence-corrected chi connectivity index (χ1v) is 4.95. The molecular formula is C10H12O8. The number of carboxylic acids is 2. The van der Waals surface area contributed by atoms with Crippen molar-refractivity contribution in [1.29, 1.82) is 0 Å². The van der Waals surface area contributed by atoms with Gasteiger partial charge in [0.1, 0.15) is 0 Å². The van der Waals surface area contributed by atoms with Crippen LogP contribution in [0.3, 0.4) is 0 Å². The largest absolute Gasteiger partial charge is 0.481 e. The van der Waals surface area contributed by atoms with E-state index in [9.17, 15) is 19.2 Å². The molecule has 1 saturated carbocycles. The summed E-state index contributed by atoms with van der Waals surface area (Å²) < 4.78 is 8.79. The van der Waals surface area contributed by atoms with Gasteiger partial charge in [0.2, 0.25) is 0 Å². The topological polar surface area (TPSA) is 127 Å². The number of carbonyl (C=O) groups excluding carboxylic acids is 2. The maximum atomic E-state index is 11.6. The van der Waals surface area contributed by atoms with Crippen molar-refractivity contribution in [3.63, 3.8) is 0 Å². The zero-order valence-electron chi connectivity index (χ0n) is 9.71. The Morgan fingerprint density at radius 2 is 1.44 bits per heavy atom. The van der Waals surface area contributed by atoms with E-state index in [2.05, 4.69) is 9.47 Å². The third-order valence-electron chi connectivity index (χ3n) is 3.16. The van der Waals surface area contributed by atoms with Crippen molar-refractivity contribution in [2.75, 3.05) is 14.2 Å². The minimum Gasteiger partial charge on any atom is -0.481 e. The highest BCUT2D eigenvalue weighted by Gasteiger charge is 2.70. The fourth-order valence-electron chi connectivity index (χ4n) is 2.26. The Hall–Kier alpha value is -2.12. The fraction of sp³-hybridized carbons (Fsp3) is 0.600. The summed E-state index contributed by atoms with van der Waals surface area (Å²) >= 11 is 0. The van der Waals surface area contributed by atoms with Crippen LogP contribution >= 0.6 is 0 Å². The number of carboxylic acid groups (broad SMARTS) is 2. The molecule has 0 aromatic heterocycles. The Kier molecular flexibility index (Phi) is 3.59. The highest BCUT2D eigenvalue weighted by atomic mass is 16.5. The average Bonchev–Trinajstić information content (AvgIpc) is 2.25. The lowest BCUT2D eigenvalue weighted by Gasteiger charge is -2.45. The molecule has 8 heteroatoms. The van der Waals surface area contributed by atoms with Crippen LogP contribution in [0, 0.1) is 17.3 Å². The van der Waals surface area contributed by atoms with Crippen molar-refractivity contribution in [1.82, 2.24) is 0 Å². The summed E-state index contributed by atoms with van der Waals surface area (Å²) in [4.78, 5) is 45.2. The Morgan fingerprint density at radius 1 is 1.00 bits per heavy atom. The second-order valence-electron chi connectivity index (χ2n) is 3.92. The monoisotopic (exact) mass is 260 g/mol. The van der Waals surface area contributed by atoms with E-state index in [4.69, 9.17) is 10.2 Å². The number of rotatable bonds is 4. The van der Waals surface area contributed by atoms with Crippen molar-refractivity contribution in [2.45, 2.75) is 6.42 Å². The lowest BCUT2D eigenvalue weighted by Crippen LogP contribution is -2.63. The third kappa shape index (κ3) is 1.69. The molecule has 2 unspecified atom stereocenters. The van der Waals surface area contributed by atoms with Crippen LogP contribution in [0.5, 0.6) is 0 Å². The SMILES string of the molecule is COC(=O)C1(C(=O)OC)CC(C(=O)O)C1C(=O)O. The second kappa shape index (κ2) is 4.63. The van der Waals surface area contributed by atoms with Gasteiger partial charge in [0.05, 0.1) is 26.1 Å². The van der Waals surface area contributed by atoms with E-state index in [1.807, 2.05) is 0 Å². The van der Waals surface area contributed by atoms with Crippen LogP contribution in [0.15, 0.2) is 0 Å². The molecule has 0 aliphatic heterocycles. The van der Waals surface area contributed by atoms with Crippen LogP contribution in [0.1, 0.15) is 6.42 Å². The summed E-state index contributed by atoms with van der Waals surface area (Å²) in [6.07, 6.45) is -0.446. The summed E-state index contributed by atoms with van der Waals surface area (Å²) in [5.41, 5.74) is -2.07. The van der Waals surface area contributed by atoms with Gasteiger partial charge in [-0.3, -0.25) is 19.2 Å². The lowest BCUT2D eigenvalue weighted by atomic mass is 9.53. The Balaban J connectivity index is 3.22. The number of esters is 2. The smallest absolute Gasteiger partial charge is 0.324 e. The van der Waals surface area contributed by atoms with Crippen molar-refractivity contribution in [2.24, 2.45) is 17.3 Å². The van der Waals surface area contributed by atoms with E-state index in [1.165, 1.54) is 0 Å². The quantitative estimate of drug-likeness (QED) is 0.493. The molecule has 1 rings (SSSR count). The van der Waals surface area contributed by atoms with E-state index in [1.54, 1.807) is 0 Å². The third-order valence-corrected chi connectivity index (χ3v) is 3.16. The average molecular weight is 260 g/mol. The van der Waals surface area contributed by atoms with Gasteiger partial charge < -0.3 is 19.7 Å². The summed E-state index contributed by atoms with van der Waals surface area (Å²) in [5.74, 6) is -8.13. The Morgan fingerprint density at radius 3 is 1.72 bits per heavy atom.